The van der Waals surface area contributed by atoms with Crippen LogP contribution in [0.1, 0.15) is 40.5 Å². The quantitative estimate of drug-likeness (QED) is 0.660. The standard InChI is InChI=1S/C14H25NO2/c1-7-9-10-12(3)15(11-8-2)13(16)17-14(4,5)6/h7-8,12H,1-2,9-11H2,3-6H3. The van der Waals surface area contributed by atoms with E-state index in [1.165, 1.54) is 0 Å². The molecule has 1 unspecified atom stereocenters. The van der Waals surface area contributed by atoms with E-state index in [1.807, 2.05) is 33.8 Å². The molecule has 0 aromatic rings. The second kappa shape index (κ2) is 7.15. The van der Waals surface area contributed by atoms with Crippen molar-refractivity contribution >= 4 is 6.09 Å². The highest BCUT2D eigenvalue weighted by atomic mass is 16.6. The number of allylic oxidation sites excluding steroid dienone is 1. The summed E-state index contributed by atoms with van der Waals surface area (Å²) in [6, 6.07) is 0.126. The third kappa shape index (κ3) is 6.82. The van der Waals surface area contributed by atoms with Gasteiger partial charge in [-0.15, -0.1) is 13.2 Å². The minimum atomic E-state index is -0.464. The summed E-state index contributed by atoms with van der Waals surface area (Å²) in [6.45, 7) is 15.5. The van der Waals surface area contributed by atoms with Crippen LogP contribution < -0.4 is 0 Å². The van der Waals surface area contributed by atoms with Gasteiger partial charge in [-0.05, 0) is 40.5 Å². The zero-order chi connectivity index (χ0) is 13.5. The van der Waals surface area contributed by atoms with Crippen molar-refractivity contribution in [1.29, 1.82) is 0 Å². The van der Waals surface area contributed by atoms with Gasteiger partial charge in [0.25, 0.3) is 0 Å². The summed E-state index contributed by atoms with van der Waals surface area (Å²) < 4.78 is 5.37. The van der Waals surface area contributed by atoms with Crippen LogP contribution in [-0.2, 0) is 4.74 Å². The van der Waals surface area contributed by atoms with E-state index in [0.717, 1.165) is 12.8 Å². The van der Waals surface area contributed by atoms with Crippen molar-refractivity contribution < 1.29 is 9.53 Å². The number of hydrogen-bond donors (Lipinski definition) is 0. The largest absolute Gasteiger partial charge is 0.444 e. The van der Waals surface area contributed by atoms with E-state index in [1.54, 1.807) is 11.0 Å². The van der Waals surface area contributed by atoms with Gasteiger partial charge in [-0.3, -0.25) is 0 Å². The highest BCUT2D eigenvalue weighted by molar-refractivity contribution is 5.68. The van der Waals surface area contributed by atoms with Crippen LogP contribution in [-0.4, -0.2) is 29.2 Å². The van der Waals surface area contributed by atoms with Crippen LogP contribution in [0.3, 0.4) is 0 Å². The van der Waals surface area contributed by atoms with E-state index in [-0.39, 0.29) is 12.1 Å². The van der Waals surface area contributed by atoms with Crippen molar-refractivity contribution in [3.05, 3.63) is 25.3 Å². The lowest BCUT2D eigenvalue weighted by Crippen LogP contribution is -2.42. The van der Waals surface area contributed by atoms with Gasteiger partial charge >= 0.3 is 6.09 Å². The van der Waals surface area contributed by atoms with Gasteiger partial charge in [-0.25, -0.2) is 4.79 Å². The molecule has 0 aromatic heterocycles. The van der Waals surface area contributed by atoms with E-state index in [2.05, 4.69) is 13.2 Å². The molecule has 0 bridgehead atoms. The molecule has 0 N–H and O–H groups in total. The normalized spacial score (nSPS) is 12.7. The van der Waals surface area contributed by atoms with E-state index in [4.69, 9.17) is 4.74 Å². The third-order valence-corrected chi connectivity index (χ3v) is 2.27. The molecule has 0 fully saturated rings. The Bertz CT molecular complexity index is 266. The zero-order valence-corrected chi connectivity index (χ0v) is 11.5. The SMILES string of the molecule is C=CCCC(C)N(CC=C)C(=O)OC(C)(C)C. The molecule has 17 heavy (non-hydrogen) atoms. The summed E-state index contributed by atoms with van der Waals surface area (Å²) in [6.07, 6.45) is 5.06. The molecule has 0 aliphatic rings. The number of rotatable bonds is 6. The summed E-state index contributed by atoms with van der Waals surface area (Å²) in [4.78, 5) is 13.7. The van der Waals surface area contributed by atoms with Gasteiger partial charge in [-0.1, -0.05) is 12.2 Å². The minimum Gasteiger partial charge on any atom is -0.444 e. The van der Waals surface area contributed by atoms with Crippen molar-refractivity contribution in [2.75, 3.05) is 6.54 Å². The van der Waals surface area contributed by atoms with Crippen molar-refractivity contribution in [3.8, 4) is 0 Å². The zero-order valence-electron chi connectivity index (χ0n) is 11.5. The smallest absolute Gasteiger partial charge is 0.410 e. The molecular formula is C14H25NO2. The molecule has 0 radical (unpaired) electrons. The Balaban J connectivity index is 4.54. The second-order valence-electron chi connectivity index (χ2n) is 5.14. The van der Waals surface area contributed by atoms with Crippen LogP contribution in [0.15, 0.2) is 25.3 Å². The Hall–Kier alpha value is -1.25. The third-order valence-electron chi connectivity index (χ3n) is 2.27. The van der Waals surface area contributed by atoms with E-state index < -0.39 is 5.60 Å². The first-order valence-electron chi connectivity index (χ1n) is 6.03. The highest BCUT2D eigenvalue weighted by Gasteiger charge is 2.24. The molecule has 0 aromatic carbocycles. The number of amides is 1. The fourth-order valence-corrected chi connectivity index (χ4v) is 1.41. The molecule has 0 saturated heterocycles. The van der Waals surface area contributed by atoms with E-state index in [9.17, 15) is 4.79 Å². The molecule has 3 heteroatoms. The number of ether oxygens (including phenoxy) is 1. The lowest BCUT2D eigenvalue weighted by atomic mass is 10.1. The van der Waals surface area contributed by atoms with Gasteiger partial charge < -0.3 is 9.64 Å². The van der Waals surface area contributed by atoms with E-state index >= 15 is 0 Å². The predicted molar refractivity (Wildman–Crippen MR) is 72.0 cm³/mol. The summed E-state index contributed by atoms with van der Waals surface area (Å²) in [5.74, 6) is 0. The predicted octanol–water partition coefficient (Wildman–Crippen LogP) is 3.76. The average Bonchev–Trinajstić information content (AvgIpc) is 2.19. The maximum absolute atomic E-state index is 12.0. The van der Waals surface area contributed by atoms with Crippen molar-refractivity contribution in [2.45, 2.75) is 52.2 Å². The lowest BCUT2D eigenvalue weighted by Gasteiger charge is -2.30. The van der Waals surface area contributed by atoms with Gasteiger partial charge in [0.15, 0.2) is 0 Å². The van der Waals surface area contributed by atoms with Gasteiger partial charge in [0.05, 0.1) is 0 Å². The number of carbonyl (C=O) groups excluding carboxylic acids is 1. The summed E-state index contributed by atoms with van der Waals surface area (Å²) in [7, 11) is 0. The van der Waals surface area contributed by atoms with Crippen molar-refractivity contribution in [2.24, 2.45) is 0 Å². The van der Waals surface area contributed by atoms with Gasteiger partial charge in [0, 0.05) is 12.6 Å². The number of carbonyl (C=O) groups is 1. The highest BCUT2D eigenvalue weighted by Crippen LogP contribution is 2.14. The molecule has 98 valence electrons. The molecule has 0 aliphatic carbocycles. The van der Waals surface area contributed by atoms with Crippen LogP contribution >= 0.6 is 0 Å². The summed E-state index contributed by atoms with van der Waals surface area (Å²) in [5.41, 5.74) is -0.464. The topological polar surface area (TPSA) is 29.5 Å². The maximum atomic E-state index is 12.0. The summed E-state index contributed by atoms with van der Waals surface area (Å²) in [5, 5.41) is 0. The van der Waals surface area contributed by atoms with Gasteiger partial charge in [-0.2, -0.15) is 0 Å². The molecule has 1 atom stereocenters. The lowest BCUT2D eigenvalue weighted by molar-refractivity contribution is 0.0197. The minimum absolute atomic E-state index is 0.126. The molecule has 0 spiro atoms. The van der Waals surface area contributed by atoms with Crippen molar-refractivity contribution in [1.82, 2.24) is 4.90 Å². The molecule has 3 nitrogen and oxygen atoms in total. The summed E-state index contributed by atoms with van der Waals surface area (Å²) >= 11 is 0. The molecule has 0 saturated carbocycles. The van der Waals surface area contributed by atoms with Crippen LogP contribution in [0.25, 0.3) is 0 Å². The first-order chi connectivity index (χ1) is 7.81. The molecule has 1 amide bonds. The Morgan fingerprint density at radius 1 is 1.35 bits per heavy atom. The molecule has 0 rings (SSSR count). The number of nitrogens with zero attached hydrogens (tertiary/aromatic N) is 1. The number of hydrogen-bond acceptors (Lipinski definition) is 2. The fraction of sp³-hybridized carbons (Fsp3) is 0.643. The fourth-order valence-electron chi connectivity index (χ4n) is 1.41. The van der Waals surface area contributed by atoms with Crippen LogP contribution in [0, 0.1) is 0 Å². The Labute approximate surface area is 105 Å². The van der Waals surface area contributed by atoms with E-state index in [0.29, 0.717) is 6.54 Å². The maximum Gasteiger partial charge on any atom is 0.410 e. The Morgan fingerprint density at radius 2 is 1.94 bits per heavy atom. The van der Waals surface area contributed by atoms with Crippen LogP contribution in [0.4, 0.5) is 4.79 Å². The van der Waals surface area contributed by atoms with Crippen molar-refractivity contribution in [3.63, 3.8) is 0 Å². The second-order valence-corrected chi connectivity index (χ2v) is 5.14. The molecule has 0 aliphatic heterocycles. The first kappa shape index (κ1) is 15.8. The Kier molecular flexibility index (Phi) is 6.62. The van der Waals surface area contributed by atoms with Gasteiger partial charge in [0.1, 0.15) is 5.60 Å². The van der Waals surface area contributed by atoms with Crippen LogP contribution in [0.2, 0.25) is 0 Å². The molecule has 0 heterocycles. The van der Waals surface area contributed by atoms with Crippen LogP contribution in [0.5, 0.6) is 0 Å². The first-order valence-corrected chi connectivity index (χ1v) is 6.03. The monoisotopic (exact) mass is 239 g/mol. The average molecular weight is 239 g/mol. The Morgan fingerprint density at radius 3 is 2.35 bits per heavy atom. The van der Waals surface area contributed by atoms with Gasteiger partial charge in [0.2, 0.25) is 0 Å². The molecular weight excluding hydrogens is 214 g/mol.